The van der Waals surface area contributed by atoms with Crippen LogP contribution in [0.2, 0.25) is 5.02 Å². The summed E-state index contributed by atoms with van der Waals surface area (Å²) < 4.78 is 11.5. The molecule has 0 unspecified atom stereocenters. The summed E-state index contributed by atoms with van der Waals surface area (Å²) in [6.45, 7) is 1.01. The Kier molecular flexibility index (Phi) is 7.81. The van der Waals surface area contributed by atoms with Gasteiger partial charge in [0.2, 0.25) is 5.91 Å². The number of hydrogen-bond acceptors (Lipinski definition) is 6. The van der Waals surface area contributed by atoms with Crippen LogP contribution in [0.1, 0.15) is 39.3 Å². The van der Waals surface area contributed by atoms with Crippen molar-refractivity contribution in [2.45, 2.75) is 31.2 Å². The van der Waals surface area contributed by atoms with Crippen LogP contribution >= 0.6 is 11.6 Å². The number of carbonyl (C=O) groups excluding carboxylic acids is 3. The zero-order chi connectivity index (χ0) is 27.4. The average Bonchev–Trinajstić information content (AvgIpc) is 3.34. The molecule has 2 aliphatic rings. The molecule has 2 saturated heterocycles. The lowest BCUT2D eigenvalue weighted by atomic mass is 9.96. The number of pyridine rings is 1. The van der Waals surface area contributed by atoms with Crippen molar-refractivity contribution in [2.24, 2.45) is 0 Å². The largest absolute Gasteiger partial charge is 0.497 e. The number of likely N-dealkylation sites (tertiary alicyclic amines) is 1. The van der Waals surface area contributed by atoms with Gasteiger partial charge in [-0.15, -0.1) is 0 Å². The fourth-order valence-corrected chi connectivity index (χ4v) is 5.29. The second kappa shape index (κ2) is 11.4. The summed E-state index contributed by atoms with van der Waals surface area (Å²) in [5, 5.41) is 3.39. The number of nitrogens with zero attached hydrogens (tertiary/aromatic N) is 3. The van der Waals surface area contributed by atoms with Crippen molar-refractivity contribution in [1.29, 1.82) is 0 Å². The summed E-state index contributed by atoms with van der Waals surface area (Å²) in [7, 11) is 1.56. The highest BCUT2D eigenvalue weighted by atomic mass is 35.5. The number of carbonyl (C=O) groups is 3. The predicted octanol–water partition coefficient (Wildman–Crippen LogP) is 3.53. The van der Waals surface area contributed by atoms with E-state index in [-0.39, 0.29) is 30.9 Å². The molecule has 1 spiro atoms. The normalized spacial score (nSPS) is 18.2. The Morgan fingerprint density at radius 2 is 1.79 bits per heavy atom. The van der Waals surface area contributed by atoms with Crippen molar-refractivity contribution in [3.05, 3.63) is 94.8 Å². The Balaban J connectivity index is 1.36. The third kappa shape index (κ3) is 5.60. The number of aromatic nitrogens is 1. The zero-order valence-corrected chi connectivity index (χ0v) is 22.3. The molecule has 9 nitrogen and oxygen atoms in total. The first kappa shape index (κ1) is 26.6. The van der Waals surface area contributed by atoms with Gasteiger partial charge < -0.3 is 19.7 Å². The Labute approximate surface area is 231 Å². The van der Waals surface area contributed by atoms with Gasteiger partial charge in [0.05, 0.1) is 26.0 Å². The predicted molar refractivity (Wildman–Crippen MR) is 144 cm³/mol. The summed E-state index contributed by atoms with van der Waals surface area (Å²) in [6, 6.07) is 18.2. The first-order valence-corrected chi connectivity index (χ1v) is 13.1. The number of ether oxygens (including phenoxy) is 2. The molecule has 2 aliphatic heterocycles. The van der Waals surface area contributed by atoms with Crippen molar-refractivity contribution >= 4 is 29.3 Å². The second-order valence-electron chi connectivity index (χ2n) is 9.52. The zero-order valence-electron chi connectivity index (χ0n) is 21.5. The van der Waals surface area contributed by atoms with Crippen LogP contribution in [-0.2, 0) is 16.1 Å². The van der Waals surface area contributed by atoms with Crippen LogP contribution in [-0.4, -0.2) is 71.1 Å². The van der Waals surface area contributed by atoms with E-state index in [9.17, 15) is 14.4 Å². The van der Waals surface area contributed by atoms with Crippen LogP contribution in [0.25, 0.3) is 0 Å². The highest BCUT2D eigenvalue weighted by Gasteiger charge is 2.54. The number of nitrogens with one attached hydrogen (secondary N) is 1. The Hall–Kier alpha value is -3.95. The number of halogens is 1. The van der Waals surface area contributed by atoms with Gasteiger partial charge in [-0.25, -0.2) is 0 Å². The fraction of sp³-hybridized carbons (Fsp3) is 0.310. The molecule has 2 aromatic carbocycles. The molecule has 39 heavy (non-hydrogen) atoms. The van der Waals surface area contributed by atoms with E-state index in [4.69, 9.17) is 21.1 Å². The summed E-state index contributed by atoms with van der Waals surface area (Å²) >= 11 is 6.08. The average molecular weight is 549 g/mol. The van der Waals surface area contributed by atoms with E-state index in [0.29, 0.717) is 53.5 Å². The SMILES string of the molecule is COc1ccc(C(=O)N2[C@@H](C(=O)NCc3ccccn3)COC23CCN(C(=O)c2cccc(Cl)c2)CC3)cc1. The minimum absolute atomic E-state index is 0.0538. The molecule has 10 heteroatoms. The molecular weight excluding hydrogens is 520 g/mol. The molecule has 1 atom stereocenters. The topological polar surface area (TPSA) is 101 Å². The molecular formula is C29H29ClN4O5. The van der Waals surface area contributed by atoms with Gasteiger partial charge in [-0.05, 0) is 54.6 Å². The van der Waals surface area contributed by atoms with Crippen LogP contribution in [0.3, 0.4) is 0 Å². The van der Waals surface area contributed by atoms with Gasteiger partial charge in [0.1, 0.15) is 17.5 Å². The van der Waals surface area contributed by atoms with Crippen LogP contribution in [0.4, 0.5) is 0 Å². The minimum atomic E-state index is -1.02. The van der Waals surface area contributed by atoms with Gasteiger partial charge in [-0.3, -0.25) is 24.3 Å². The third-order valence-electron chi connectivity index (χ3n) is 7.19. The van der Waals surface area contributed by atoms with Gasteiger partial charge in [0.15, 0.2) is 0 Å². The van der Waals surface area contributed by atoms with Gasteiger partial charge in [-0.1, -0.05) is 23.7 Å². The van der Waals surface area contributed by atoms with E-state index < -0.39 is 11.8 Å². The molecule has 3 heterocycles. The molecule has 3 amide bonds. The van der Waals surface area contributed by atoms with Crippen LogP contribution in [0.5, 0.6) is 5.75 Å². The molecule has 1 N–H and O–H groups in total. The van der Waals surface area contributed by atoms with Gasteiger partial charge in [-0.2, -0.15) is 0 Å². The number of benzene rings is 2. The number of methoxy groups -OCH3 is 1. The molecule has 0 aliphatic carbocycles. The van der Waals surface area contributed by atoms with Crippen molar-refractivity contribution in [3.8, 4) is 5.75 Å². The first-order valence-electron chi connectivity index (χ1n) is 12.7. The summed E-state index contributed by atoms with van der Waals surface area (Å²) in [6.07, 6.45) is 2.39. The monoisotopic (exact) mass is 548 g/mol. The Bertz CT molecular complexity index is 1340. The molecule has 1 aromatic heterocycles. The number of piperidine rings is 1. The van der Waals surface area contributed by atoms with Crippen molar-refractivity contribution in [1.82, 2.24) is 20.1 Å². The molecule has 5 rings (SSSR count). The summed E-state index contributed by atoms with van der Waals surface area (Å²) in [4.78, 5) is 47.9. The third-order valence-corrected chi connectivity index (χ3v) is 7.43. The van der Waals surface area contributed by atoms with Gasteiger partial charge in [0.25, 0.3) is 11.8 Å². The van der Waals surface area contributed by atoms with Gasteiger partial charge in [0, 0.05) is 48.3 Å². The lowest BCUT2D eigenvalue weighted by Crippen LogP contribution is -2.59. The fourth-order valence-electron chi connectivity index (χ4n) is 5.10. The molecule has 3 aromatic rings. The van der Waals surface area contributed by atoms with Crippen molar-refractivity contribution in [3.63, 3.8) is 0 Å². The maximum Gasteiger partial charge on any atom is 0.256 e. The van der Waals surface area contributed by atoms with E-state index in [2.05, 4.69) is 10.3 Å². The van der Waals surface area contributed by atoms with Crippen molar-refractivity contribution < 1.29 is 23.9 Å². The van der Waals surface area contributed by atoms with E-state index >= 15 is 0 Å². The highest BCUT2D eigenvalue weighted by Crippen LogP contribution is 2.39. The van der Waals surface area contributed by atoms with Crippen LogP contribution in [0, 0.1) is 0 Å². The lowest BCUT2D eigenvalue weighted by Gasteiger charge is -2.44. The highest BCUT2D eigenvalue weighted by molar-refractivity contribution is 6.30. The number of hydrogen-bond donors (Lipinski definition) is 1. The molecule has 0 saturated carbocycles. The number of amides is 3. The Morgan fingerprint density at radius 1 is 1.03 bits per heavy atom. The maximum atomic E-state index is 13.9. The maximum absolute atomic E-state index is 13.9. The standard InChI is InChI=1S/C29H29ClN4O5/c1-38-24-10-8-20(9-11-24)28(37)34-25(26(35)32-18-23-7-2-3-14-31-23)19-39-29(34)12-15-33(16-13-29)27(36)21-5-4-6-22(30)17-21/h2-11,14,17,25H,12-13,15-16,18-19H2,1H3,(H,32,35)/t25-/m1/s1. The smallest absolute Gasteiger partial charge is 0.256 e. The first-order chi connectivity index (χ1) is 18.9. The van der Waals surface area contributed by atoms with Crippen molar-refractivity contribution in [2.75, 3.05) is 26.8 Å². The van der Waals surface area contributed by atoms with Gasteiger partial charge >= 0.3 is 0 Å². The van der Waals surface area contributed by atoms with Crippen LogP contribution in [0.15, 0.2) is 72.9 Å². The quantitative estimate of drug-likeness (QED) is 0.506. The molecule has 2 fully saturated rings. The van der Waals surface area contributed by atoms with E-state index in [0.717, 1.165) is 0 Å². The number of rotatable bonds is 6. The lowest BCUT2D eigenvalue weighted by molar-refractivity contribution is -0.128. The molecule has 0 bridgehead atoms. The summed E-state index contributed by atoms with van der Waals surface area (Å²) in [5.41, 5.74) is 0.611. The summed E-state index contributed by atoms with van der Waals surface area (Å²) in [5.74, 6) is -0.154. The minimum Gasteiger partial charge on any atom is -0.497 e. The van der Waals surface area contributed by atoms with E-state index in [1.165, 1.54) is 0 Å². The van der Waals surface area contributed by atoms with E-state index in [1.54, 1.807) is 77.7 Å². The second-order valence-corrected chi connectivity index (χ2v) is 9.95. The molecule has 202 valence electrons. The Morgan fingerprint density at radius 3 is 2.46 bits per heavy atom. The van der Waals surface area contributed by atoms with Crippen LogP contribution < -0.4 is 10.1 Å². The molecule has 0 radical (unpaired) electrons. The van der Waals surface area contributed by atoms with E-state index in [1.807, 2.05) is 12.1 Å².